The number of aromatic carboxylic acids is 1. The summed E-state index contributed by atoms with van der Waals surface area (Å²) in [6.07, 6.45) is 5.07. The lowest BCUT2D eigenvalue weighted by Crippen LogP contribution is -2.03. The average Bonchev–Trinajstić information content (AvgIpc) is 2.98. The van der Waals surface area contributed by atoms with Gasteiger partial charge in [-0.1, -0.05) is 24.8 Å². The van der Waals surface area contributed by atoms with Crippen LogP contribution in [0.4, 0.5) is 0 Å². The third-order valence-electron chi connectivity index (χ3n) is 3.69. The summed E-state index contributed by atoms with van der Waals surface area (Å²) in [6.45, 7) is 5.50. The molecule has 0 unspecified atom stereocenters. The Hall–Kier alpha value is -3.54. The van der Waals surface area contributed by atoms with Crippen molar-refractivity contribution in [2.24, 2.45) is 0 Å². The van der Waals surface area contributed by atoms with Gasteiger partial charge in [0, 0.05) is 11.8 Å². The van der Waals surface area contributed by atoms with Gasteiger partial charge in [0.1, 0.15) is 5.65 Å². The van der Waals surface area contributed by atoms with Crippen molar-refractivity contribution in [2.75, 3.05) is 7.11 Å². The number of carboxylic acids is 1. The van der Waals surface area contributed by atoms with Crippen LogP contribution in [-0.4, -0.2) is 27.6 Å². The van der Waals surface area contributed by atoms with E-state index in [0.717, 1.165) is 5.56 Å². The van der Waals surface area contributed by atoms with Gasteiger partial charge in [0.15, 0.2) is 17.2 Å². The van der Waals surface area contributed by atoms with E-state index in [9.17, 15) is 9.90 Å². The van der Waals surface area contributed by atoms with E-state index >= 15 is 0 Å². The molecule has 1 aromatic carbocycles. The van der Waals surface area contributed by atoms with E-state index < -0.39 is 5.97 Å². The molecular formula is C20H18N2O4. The lowest BCUT2D eigenvalue weighted by atomic mass is 10.1. The van der Waals surface area contributed by atoms with Gasteiger partial charge in [-0.3, -0.25) is 4.40 Å². The maximum atomic E-state index is 11.7. The van der Waals surface area contributed by atoms with Gasteiger partial charge in [-0.25, -0.2) is 9.78 Å². The molecule has 0 radical (unpaired) electrons. The highest BCUT2D eigenvalue weighted by Crippen LogP contribution is 2.33. The van der Waals surface area contributed by atoms with Gasteiger partial charge >= 0.3 is 5.97 Å². The van der Waals surface area contributed by atoms with Gasteiger partial charge in [0.25, 0.3) is 0 Å². The number of carbonyl (C=O) groups is 1. The molecule has 0 saturated heterocycles. The van der Waals surface area contributed by atoms with Crippen LogP contribution < -0.4 is 9.47 Å². The smallest absolute Gasteiger partial charge is 0.355 e. The van der Waals surface area contributed by atoms with E-state index in [1.54, 1.807) is 55.0 Å². The largest absolute Gasteiger partial charge is 0.493 e. The van der Waals surface area contributed by atoms with Crippen molar-refractivity contribution in [3.05, 3.63) is 71.9 Å². The van der Waals surface area contributed by atoms with Crippen molar-refractivity contribution in [1.29, 1.82) is 0 Å². The molecule has 1 N–H and O–H groups in total. The number of hydrogen-bond donors (Lipinski definition) is 1. The summed E-state index contributed by atoms with van der Waals surface area (Å²) in [7, 11) is 1.55. The number of para-hydroxylation sites is 1. The number of ether oxygens (including phenoxy) is 2. The number of benzene rings is 1. The summed E-state index contributed by atoms with van der Waals surface area (Å²) in [6, 6.07) is 10.8. The first-order valence-electron chi connectivity index (χ1n) is 7.90. The maximum Gasteiger partial charge on any atom is 0.355 e. The zero-order chi connectivity index (χ0) is 18.7. The molecule has 6 nitrogen and oxygen atoms in total. The minimum Gasteiger partial charge on any atom is -0.493 e. The topological polar surface area (TPSA) is 73.1 Å². The number of imidazole rings is 1. The molecule has 3 rings (SSSR count). The van der Waals surface area contributed by atoms with Crippen molar-refractivity contribution in [3.63, 3.8) is 0 Å². The Labute approximate surface area is 150 Å². The van der Waals surface area contributed by atoms with E-state index in [0.29, 0.717) is 28.6 Å². The van der Waals surface area contributed by atoms with E-state index in [1.165, 1.54) is 0 Å². The summed E-state index contributed by atoms with van der Waals surface area (Å²) < 4.78 is 12.6. The van der Waals surface area contributed by atoms with Crippen molar-refractivity contribution in [2.45, 2.75) is 6.92 Å². The molecule has 3 aromatic rings. The molecule has 2 aromatic heterocycles. The number of allylic oxidation sites excluding steroid dienone is 1. The van der Waals surface area contributed by atoms with E-state index in [-0.39, 0.29) is 5.69 Å². The zero-order valence-corrected chi connectivity index (χ0v) is 14.5. The van der Waals surface area contributed by atoms with E-state index in [2.05, 4.69) is 11.6 Å². The fourth-order valence-electron chi connectivity index (χ4n) is 2.62. The molecule has 0 spiro atoms. The first-order chi connectivity index (χ1) is 12.5. The van der Waals surface area contributed by atoms with Crippen LogP contribution in [0.15, 0.2) is 54.9 Å². The molecule has 0 aliphatic rings. The Morgan fingerprint density at radius 2 is 2.04 bits per heavy atom. The molecule has 0 fully saturated rings. The molecule has 0 bridgehead atoms. The lowest BCUT2D eigenvalue weighted by molar-refractivity contribution is 0.0689. The molecule has 0 amide bonds. The molecule has 26 heavy (non-hydrogen) atoms. The third-order valence-corrected chi connectivity index (χ3v) is 3.69. The summed E-state index contributed by atoms with van der Waals surface area (Å²) in [5.74, 6) is 0.540. The third kappa shape index (κ3) is 3.30. The summed E-state index contributed by atoms with van der Waals surface area (Å²) in [4.78, 5) is 16.1. The number of fused-ring (bicyclic) bond motifs is 1. The van der Waals surface area contributed by atoms with Crippen LogP contribution in [0.5, 0.6) is 11.5 Å². The molecule has 132 valence electrons. The number of aromatic nitrogens is 2. The highest BCUT2D eigenvalue weighted by Gasteiger charge is 2.16. The summed E-state index contributed by atoms with van der Waals surface area (Å²) in [5.41, 5.74) is 1.74. The Balaban J connectivity index is 2.09. The Morgan fingerprint density at radius 3 is 2.73 bits per heavy atom. The monoisotopic (exact) mass is 350 g/mol. The number of hydrogen-bond acceptors (Lipinski definition) is 4. The predicted octanol–water partition coefficient (Wildman–Crippen LogP) is 4.12. The van der Waals surface area contributed by atoms with Gasteiger partial charge < -0.3 is 14.6 Å². The zero-order valence-electron chi connectivity index (χ0n) is 14.5. The van der Waals surface area contributed by atoms with Gasteiger partial charge in [-0.2, -0.15) is 0 Å². The second kappa shape index (κ2) is 7.14. The standard InChI is InChI=1S/C20H18N2O4/c1-13(2)26-19-14(7-6-8-16(19)25-3)10-11-15-18(20(23)24)22-12-5-4-9-17(22)21-15/h4-12H,1H2,2-3H3,(H,23,24)/b11-10+. The highest BCUT2D eigenvalue weighted by atomic mass is 16.5. The van der Waals surface area contributed by atoms with E-state index in [4.69, 9.17) is 9.47 Å². The molecule has 6 heteroatoms. The number of pyridine rings is 1. The van der Waals surface area contributed by atoms with Crippen molar-refractivity contribution in [1.82, 2.24) is 9.38 Å². The van der Waals surface area contributed by atoms with Crippen LogP contribution in [0.3, 0.4) is 0 Å². The second-order valence-electron chi connectivity index (χ2n) is 5.60. The van der Waals surface area contributed by atoms with Crippen LogP contribution in [0.2, 0.25) is 0 Å². The fourth-order valence-corrected chi connectivity index (χ4v) is 2.62. The number of methoxy groups -OCH3 is 1. The summed E-state index contributed by atoms with van der Waals surface area (Å²) >= 11 is 0. The summed E-state index contributed by atoms with van der Waals surface area (Å²) in [5, 5.41) is 9.55. The quantitative estimate of drug-likeness (QED) is 0.677. The van der Waals surface area contributed by atoms with Crippen LogP contribution in [0.1, 0.15) is 28.7 Å². The van der Waals surface area contributed by atoms with Gasteiger partial charge in [0.2, 0.25) is 0 Å². The molecule has 2 heterocycles. The van der Waals surface area contributed by atoms with Crippen LogP contribution in [-0.2, 0) is 0 Å². The predicted molar refractivity (Wildman–Crippen MR) is 99.5 cm³/mol. The second-order valence-corrected chi connectivity index (χ2v) is 5.60. The molecule has 0 aliphatic heterocycles. The Bertz CT molecular complexity index is 1020. The molecule has 0 atom stereocenters. The molecular weight excluding hydrogens is 332 g/mol. The number of nitrogens with zero attached hydrogens (tertiary/aromatic N) is 2. The van der Waals surface area contributed by atoms with Crippen LogP contribution in [0, 0.1) is 0 Å². The van der Waals surface area contributed by atoms with Gasteiger partial charge in [-0.05, 0) is 37.3 Å². The van der Waals surface area contributed by atoms with Gasteiger partial charge in [-0.15, -0.1) is 0 Å². The fraction of sp³-hybridized carbons (Fsp3) is 0.100. The van der Waals surface area contributed by atoms with Gasteiger partial charge in [0.05, 0.1) is 18.6 Å². The van der Waals surface area contributed by atoms with Crippen molar-refractivity contribution in [3.8, 4) is 11.5 Å². The number of carboxylic acid groups (broad SMARTS) is 1. The molecule has 0 aliphatic carbocycles. The van der Waals surface area contributed by atoms with Crippen molar-refractivity contribution >= 4 is 23.8 Å². The van der Waals surface area contributed by atoms with Crippen LogP contribution in [0.25, 0.3) is 17.8 Å². The minimum absolute atomic E-state index is 0.0992. The minimum atomic E-state index is -1.05. The van der Waals surface area contributed by atoms with Crippen LogP contribution >= 0.6 is 0 Å². The van der Waals surface area contributed by atoms with E-state index in [1.807, 2.05) is 18.2 Å². The maximum absolute atomic E-state index is 11.7. The highest BCUT2D eigenvalue weighted by molar-refractivity contribution is 5.92. The first-order valence-corrected chi connectivity index (χ1v) is 7.90. The number of rotatable bonds is 6. The Kier molecular flexibility index (Phi) is 4.75. The van der Waals surface area contributed by atoms with Crippen molar-refractivity contribution < 1.29 is 19.4 Å². The average molecular weight is 350 g/mol. The molecule has 0 saturated carbocycles. The SMILES string of the molecule is C=C(C)Oc1c(/C=C/c2nc3ccccn3c2C(=O)O)cccc1OC. The first kappa shape index (κ1) is 17.3. The normalized spacial score (nSPS) is 11.0. The lowest BCUT2D eigenvalue weighted by Gasteiger charge is -2.12. The Morgan fingerprint density at radius 1 is 1.23 bits per heavy atom.